The second kappa shape index (κ2) is 7.14. The minimum Gasteiger partial charge on any atom is -0.313 e. The zero-order chi connectivity index (χ0) is 14.4. The summed E-state index contributed by atoms with van der Waals surface area (Å²) in [6, 6.07) is 6.71. The predicted octanol–water partition coefficient (Wildman–Crippen LogP) is 2.02. The Morgan fingerprint density at radius 1 is 1.20 bits per heavy atom. The van der Waals surface area contributed by atoms with E-state index in [-0.39, 0.29) is 0 Å². The van der Waals surface area contributed by atoms with Gasteiger partial charge in [-0.2, -0.15) is 5.10 Å². The molecule has 2 aromatic heterocycles. The number of nitrogens with zero attached hydrogens (tertiary/aromatic N) is 4. The smallest absolute Gasteiger partial charge is 0.138 e. The van der Waals surface area contributed by atoms with Gasteiger partial charge in [-0.05, 0) is 32.5 Å². The minimum absolute atomic E-state index is 0.330. The second-order valence-electron chi connectivity index (χ2n) is 5.20. The molecule has 0 radical (unpaired) electrons. The Balaban J connectivity index is 2.07. The van der Waals surface area contributed by atoms with E-state index in [0.29, 0.717) is 12.1 Å². The number of likely N-dealkylation sites (N-methyl/N-ethyl adjacent to an activating group) is 1. The number of hydrogen-bond acceptors (Lipinski definition) is 4. The van der Waals surface area contributed by atoms with E-state index in [1.54, 1.807) is 6.33 Å². The van der Waals surface area contributed by atoms with E-state index < -0.39 is 0 Å². The van der Waals surface area contributed by atoms with Crippen LogP contribution in [0.4, 0.5) is 0 Å². The summed E-state index contributed by atoms with van der Waals surface area (Å²) in [6.07, 6.45) is 5.25. The van der Waals surface area contributed by atoms with Gasteiger partial charge in [-0.15, -0.1) is 0 Å². The summed E-state index contributed by atoms with van der Waals surface area (Å²) in [5, 5.41) is 7.81. The summed E-state index contributed by atoms with van der Waals surface area (Å²) >= 11 is 0. The number of aromatic nitrogens is 4. The molecule has 0 aromatic carbocycles. The maximum atomic E-state index is 4.40. The first kappa shape index (κ1) is 14.7. The SMILES string of the molecule is CCNC(Cc1ccccn1)Cc1ncnn1C(C)C. The highest BCUT2D eigenvalue weighted by Gasteiger charge is 2.15. The van der Waals surface area contributed by atoms with Crippen LogP contribution in [0.15, 0.2) is 30.7 Å². The highest BCUT2D eigenvalue weighted by atomic mass is 15.3. The van der Waals surface area contributed by atoms with Gasteiger partial charge in [0.1, 0.15) is 12.2 Å². The van der Waals surface area contributed by atoms with Gasteiger partial charge in [-0.25, -0.2) is 9.67 Å². The Morgan fingerprint density at radius 3 is 2.70 bits per heavy atom. The van der Waals surface area contributed by atoms with Gasteiger partial charge in [0, 0.05) is 36.8 Å². The first-order valence-electron chi connectivity index (χ1n) is 7.22. The Kier molecular flexibility index (Phi) is 5.24. The zero-order valence-electron chi connectivity index (χ0n) is 12.5. The van der Waals surface area contributed by atoms with Crippen molar-refractivity contribution < 1.29 is 0 Å². The lowest BCUT2D eigenvalue weighted by Crippen LogP contribution is -2.34. The summed E-state index contributed by atoms with van der Waals surface area (Å²) in [6.45, 7) is 7.31. The van der Waals surface area contributed by atoms with Crippen LogP contribution < -0.4 is 5.32 Å². The van der Waals surface area contributed by atoms with Crippen molar-refractivity contribution in [2.75, 3.05) is 6.54 Å². The molecular weight excluding hydrogens is 250 g/mol. The van der Waals surface area contributed by atoms with Crippen molar-refractivity contribution in [2.45, 2.75) is 45.7 Å². The first-order chi connectivity index (χ1) is 9.70. The molecule has 0 spiro atoms. The second-order valence-corrected chi connectivity index (χ2v) is 5.20. The van der Waals surface area contributed by atoms with E-state index in [0.717, 1.165) is 30.9 Å². The normalized spacial score (nSPS) is 12.8. The molecule has 0 bridgehead atoms. The molecule has 0 aliphatic rings. The van der Waals surface area contributed by atoms with Crippen molar-refractivity contribution in [3.63, 3.8) is 0 Å². The maximum absolute atomic E-state index is 4.40. The molecule has 1 atom stereocenters. The number of hydrogen-bond donors (Lipinski definition) is 1. The number of pyridine rings is 1. The van der Waals surface area contributed by atoms with Gasteiger partial charge in [0.05, 0.1) is 0 Å². The molecule has 2 heterocycles. The third kappa shape index (κ3) is 3.87. The molecule has 0 aliphatic heterocycles. The molecule has 0 saturated heterocycles. The van der Waals surface area contributed by atoms with Gasteiger partial charge < -0.3 is 5.32 Å². The van der Waals surface area contributed by atoms with Crippen molar-refractivity contribution >= 4 is 0 Å². The third-order valence-corrected chi connectivity index (χ3v) is 3.24. The lowest BCUT2D eigenvalue weighted by molar-refractivity contribution is 0.457. The fourth-order valence-electron chi connectivity index (χ4n) is 2.35. The summed E-state index contributed by atoms with van der Waals surface area (Å²) in [7, 11) is 0. The van der Waals surface area contributed by atoms with E-state index >= 15 is 0 Å². The van der Waals surface area contributed by atoms with Crippen LogP contribution in [-0.4, -0.2) is 32.3 Å². The van der Waals surface area contributed by atoms with Gasteiger partial charge in [0.15, 0.2) is 0 Å². The van der Waals surface area contributed by atoms with Crippen molar-refractivity contribution in [1.82, 2.24) is 25.1 Å². The molecule has 2 aromatic rings. The van der Waals surface area contributed by atoms with Gasteiger partial charge in [0.25, 0.3) is 0 Å². The number of nitrogens with one attached hydrogen (secondary N) is 1. The van der Waals surface area contributed by atoms with Crippen LogP contribution in [0.5, 0.6) is 0 Å². The van der Waals surface area contributed by atoms with Crippen LogP contribution in [0.1, 0.15) is 38.3 Å². The van der Waals surface area contributed by atoms with Gasteiger partial charge in [-0.1, -0.05) is 13.0 Å². The highest BCUT2D eigenvalue weighted by molar-refractivity contribution is 5.06. The van der Waals surface area contributed by atoms with Crippen LogP contribution in [0, 0.1) is 0 Å². The monoisotopic (exact) mass is 273 g/mol. The Morgan fingerprint density at radius 2 is 2.05 bits per heavy atom. The van der Waals surface area contributed by atoms with Crippen LogP contribution in [0.2, 0.25) is 0 Å². The fraction of sp³-hybridized carbons (Fsp3) is 0.533. The molecule has 0 amide bonds. The van der Waals surface area contributed by atoms with Gasteiger partial charge in [0.2, 0.25) is 0 Å². The highest BCUT2D eigenvalue weighted by Crippen LogP contribution is 2.10. The molecule has 1 N–H and O–H groups in total. The average molecular weight is 273 g/mol. The van der Waals surface area contributed by atoms with E-state index in [1.165, 1.54) is 0 Å². The lowest BCUT2D eigenvalue weighted by Gasteiger charge is -2.18. The Bertz CT molecular complexity index is 506. The van der Waals surface area contributed by atoms with Crippen LogP contribution in [-0.2, 0) is 12.8 Å². The van der Waals surface area contributed by atoms with Crippen molar-refractivity contribution in [1.29, 1.82) is 0 Å². The molecule has 108 valence electrons. The Hall–Kier alpha value is -1.75. The number of rotatable bonds is 7. The lowest BCUT2D eigenvalue weighted by atomic mass is 10.1. The zero-order valence-corrected chi connectivity index (χ0v) is 12.5. The summed E-state index contributed by atoms with van der Waals surface area (Å²) < 4.78 is 1.99. The molecule has 20 heavy (non-hydrogen) atoms. The van der Waals surface area contributed by atoms with Crippen molar-refractivity contribution in [3.05, 3.63) is 42.2 Å². The van der Waals surface area contributed by atoms with Crippen LogP contribution in [0.3, 0.4) is 0 Å². The maximum Gasteiger partial charge on any atom is 0.138 e. The average Bonchev–Trinajstić information content (AvgIpc) is 2.88. The largest absolute Gasteiger partial charge is 0.313 e. The summed E-state index contributed by atoms with van der Waals surface area (Å²) in [5.41, 5.74) is 1.11. The van der Waals surface area contributed by atoms with E-state index in [4.69, 9.17) is 0 Å². The Labute approximate surface area is 120 Å². The molecular formula is C15H23N5. The third-order valence-electron chi connectivity index (χ3n) is 3.24. The van der Waals surface area contributed by atoms with E-state index in [1.807, 2.05) is 23.0 Å². The minimum atomic E-state index is 0.330. The molecule has 0 aliphatic carbocycles. The summed E-state index contributed by atoms with van der Waals surface area (Å²) in [5.74, 6) is 1.03. The standard InChI is InChI=1S/C15H23N5/c1-4-16-14(9-13-7-5-6-8-17-13)10-15-18-11-19-20(15)12(2)3/h5-8,11-12,14,16H,4,9-10H2,1-3H3. The van der Waals surface area contributed by atoms with Gasteiger partial charge >= 0.3 is 0 Å². The molecule has 0 saturated carbocycles. The quantitative estimate of drug-likeness (QED) is 0.838. The summed E-state index contributed by atoms with van der Waals surface area (Å²) in [4.78, 5) is 8.80. The molecule has 1 unspecified atom stereocenters. The van der Waals surface area contributed by atoms with Crippen molar-refractivity contribution in [2.24, 2.45) is 0 Å². The molecule has 5 nitrogen and oxygen atoms in total. The van der Waals surface area contributed by atoms with Crippen LogP contribution >= 0.6 is 0 Å². The predicted molar refractivity (Wildman–Crippen MR) is 79.5 cm³/mol. The van der Waals surface area contributed by atoms with Crippen LogP contribution in [0.25, 0.3) is 0 Å². The fourth-order valence-corrected chi connectivity index (χ4v) is 2.35. The molecule has 2 rings (SSSR count). The van der Waals surface area contributed by atoms with E-state index in [2.05, 4.69) is 47.2 Å². The first-order valence-corrected chi connectivity index (χ1v) is 7.22. The van der Waals surface area contributed by atoms with E-state index in [9.17, 15) is 0 Å². The molecule has 0 fully saturated rings. The molecule has 5 heteroatoms. The van der Waals surface area contributed by atoms with Gasteiger partial charge in [-0.3, -0.25) is 4.98 Å². The topological polar surface area (TPSA) is 55.6 Å². The van der Waals surface area contributed by atoms with Crippen molar-refractivity contribution in [3.8, 4) is 0 Å².